The number of carbonyl (C=O) groups is 1. The molecular formula is C18H17BrFN3O3. The molecule has 0 saturated heterocycles. The van der Waals surface area contributed by atoms with Crippen LogP contribution in [0, 0.1) is 15.9 Å². The van der Waals surface area contributed by atoms with Gasteiger partial charge < -0.3 is 10.2 Å². The molecule has 2 aromatic carbocycles. The number of hydrogen-bond donors (Lipinski definition) is 1. The molecule has 1 aliphatic heterocycles. The fourth-order valence-corrected chi connectivity index (χ4v) is 3.51. The second kappa shape index (κ2) is 7.41. The maximum Gasteiger partial charge on any atom is 0.293 e. The minimum atomic E-state index is -0.447. The van der Waals surface area contributed by atoms with Gasteiger partial charge in [0.2, 0.25) is 5.91 Å². The number of anilines is 1. The maximum absolute atomic E-state index is 13.7. The first-order chi connectivity index (χ1) is 12.3. The lowest BCUT2D eigenvalue weighted by molar-refractivity contribution is -0.384. The van der Waals surface area contributed by atoms with Crippen molar-refractivity contribution in [3.05, 3.63) is 67.9 Å². The molecule has 2 aromatic rings. The van der Waals surface area contributed by atoms with Gasteiger partial charge in [-0.3, -0.25) is 14.9 Å². The first-order valence-electron chi connectivity index (χ1n) is 8.09. The van der Waals surface area contributed by atoms with E-state index in [1.165, 1.54) is 25.1 Å². The number of nitro groups is 1. The minimum absolute atomic E-state index is 0.0456. The molecule has 1 atom stereocenters. The van der Waals surface area contributed by atoms with Crippen molar-refractivity contribution in [1.82, 2.24) is 4.90 Å². The van der Waals surface area contributed by atoms with Crippen LogP contribution >= 0.6 is 15.9 Å². The minimum Gasteiger partial charge on any atom is -0.373 e. The molecule has 0 radical (unpaired) electrons. The van der Waals surface area contributed by atoms with Crippen LogP contribution in [0.25, 0.3) is 0 Å². The first-order valence-corrected chi connectivity index (χ1v) is 8.89. The van der Waals surface area contributed by atoms with Gasteiger partial charge in [-0.05, 0) is 41.8 Å². The Bertz CT molecular complexity index is 875. The van der Waals surface area contributed by atoms with Crippen LogP contribution in [-0.4, -0.2) is 22.3 Å². The Morgan fingerprint density at radius 2 is 2.12 bits per heavy atom. The van der Waals surface area contributed by atoms with Gasteiger partial charge in [-0.25, -0.2) is 4.39 Å². The molecule has 1 amide bonds. The van der Waals surface area contributed by atoms with Gasteiger partial charge in [0.05, 0.1) is 11.0 Å². The second-order valence-corrected chi connectivity index (χ2v) is 7.10. The van der Waals surface area contributed by atoms with E-state index in [2.05, 4.69) is 21.2 Å². The molecule has 0 saturated carbocycles. The van der Waals surface area contributed by atoms with Crippen molar-refractivity contribution in [2.75, 3.05) is 11.9 Å². The number of halogens is 2. The Hall–Kier alpha value is -2.48. The molecule has 6 nitrogen and oxygen atoms in total. The maximum atomic E-state index is 13.7. The summed E-state index contributed by atoms with van der Waals surface area (Å²) in [4.78, 5) is 24.4. The fourth-order valence-electron chi connectivity index (χ4n) is 3.16. The lowest BCUT2D eigenvalue weighted by Gasteiger charge is -2.20. The number of amides is 1. The highest BCUT2D eigenvalue weighted by molar-refractivity contribution is 9.10. The van der Waals surface area contributed by atoms with Crippen LogP contribution in [0.2, 0.25) is 0 Å². The highest BCUT2D eigenvalue weighted by atomic mass is 79.9. The largest absolute Gasteiger partial charge is 0.373 e. The molecular weight excluding hydrogens is 405 g/mol. The van der Waals surface area contributed by atoms with Crippen molar-refractivity contribution in [1.29, 1.82) is 0 Å². The predicted octanol–water partition coefficient (Wildman–Crippen LogP) is 4.40. The number of benzene rings is 2. The molecule has 26 heavy (non-hydrogen) atoms. The third-order valence-corrected chi connectivity index (χ3v) is 4.95. The van der Waals surface area contributed by atoms with E-state index >= 15 is 0 Å². The van der Waals surface area contributed by atoms with Crippen LogP contribution in [0.4, 0.5) is 15.8 Å². The average Bonchev–Trinajstić information content (AvgIpc) is 2.75. The van der Waals surface area contributed by atoms with E-state index in [1.54, 1.807) is 23.1 Å². The Balaban J connectivity index is 1.99. The normalized spacial score (nSPS) is 16.6. The number of rotatable bonds is 3. The molecule has 0 aliphatic carbocycles. The van der Waals surface area contributed by atoms with E-state index in [9.17, 15) is 19.3 Å². The Morgan fingerprint density at radius 3 is 2.81 bits per heavy atom. The van der Waals surface area contributed by atoms with Gasteiger partial charge >= 0.3 is 0 Å². The van der Waals surface area contributed by atoms with Crippen LogP contribution in [0.5, 0.6) is 0 Å². The van der Waals surface area contributed by atoms with Gasteiger partial charge in [0, 0.05) is 30.6 Å². The third kappa shape index (κ3) is 3.85. The quantitative estimate of drug-likeness (QED) is 0.588. The van der Waals surface area contributed by atoms with Crippen molar-refractivity contribution in [2.45, 2.75) is 25.9 Å². The van der Waals surface area contributed by atoms with Crippen LogP contribution in [0.3, 0.4) is 0 Å². The Labute approximate surface area is 158 Å². The molecule has 1 unspecified atom stereocenters. The zero-order chi connectivity index (χ0) is 18.8. The molecule has 0 bridgehead atoms. The van der Waals surface area contributed by atoms with Crippen molar-refractivity contribution in [3.8, 4) is 0 Å². The van der Waals surface area contributed by atoms with Crippen molar-refractivity contribution >= 4 is 33.2 Å². The molecule has 8 heteroatoms. The van der Waals surface area contributed by atoms with Crippen LogP contribution in [0.1, 0.15) is 30.5 Å². The van der Waals surface area contributed by atoms with E-state index in [0.29, 0.717) is 35.2 Å². The van der Waals surface area contributed by atoms with Gasteiger partial charge in [0.15, 0.2) is 0 Å². The number of nitro benzene ring substituents is 1. The summed E-state index contributed by atoms with van der Waals surface area (Å²) in [6.07, 6.45) is 0.561. The summed E-state index contributed by atoms with van der Waals surface area (Å²) in [5.74, 6) is -0.460. The lowest BCUT2D eigenvalue weighted by atomic mass is 9.98. The summed E-state index contributed by atoms with van der Waals surface area (Å²) in [5, 5.41) is 14.6. The smallest absolute Gasteiger partial charge is 0.293 e. The van der Waals surface area contributed by atoms with E-state index in [1.807, 2.05) is 0 Å². The standard InChI is InChI=1S/C18H17BrFN3O3/c1-11(24)22-7-6-16(15-4-3-14(20)8-12(15)10-22)21-17-5-2-13(19)9-18(17)23(25)26/h2-5,8-9,16,21H,6-7,10H2,1H3. The monoisotopic (exact) mass is 421 g/mol. The average molecular weight is 422 g/mol. The summed E-state index contributed by atoms with van der Waals surface area (Å²) in [6.45, 7) is 2.28. The third-order valence-electron chi connectivity index (χ3n) is 4.46. The second-order valence-electron chi connectivity index (χ2n) is 6.19. The number of carbonyl (C=O) groups excluding carboxylic acids is 1. The molecule has 0 fully saturated rings. The summed E-state index contributed by atoms with van der Waals surface area (Å²) in [5.41, 5.74) is 1.88. The summed E-state index contributed by atoms with van der Waals surface area (Å²) < 4.78 is 14.3. The summed E-state index contributed by atoms with van der Waals surface area (Å²) in [7, 11) is 0. The van der Waals surface area contributed by atoms with Gasteiger partial charge in [-0.1, -0.05) is 22.0 Å². The summed E-state index contributed by atoms with van der Waals surface area (Å²) in [6, 6.07) is 8.99. The zero-order valence-corrected chi connectivity index (χ0v) is 15.6. The van der Waals surface area contributed by atoms with Crippen molar-refractivity contribution in [2.24, 2.45) is 0 Å². The zero-order valence-electron chi connectivity index (χ0n) is 14.0. The molecule has 0 spiro atoms. The highest BCUT2D eigenvalue weighted by Crippen LogP contribution is 2.35. The van der Waals surface area contributed by atoms with E-state index in [-0.39, 0.29) is 23.5 Å². The number of nitrogens with zero attached hydrogens (tertiary/aromatic N) is 2. The number of fused-ring (bicyclic) bond motifs is 1. The SMILES string of the molecule is CC(=O)N1CCC(Nc2ccc(Br)cc2[N+](=O)[O-])c2ccc(F)cc2C1. The topological polar surface area (TPSA) is 75.5 Å². The van der Waals surface area contributed by atoms with Crippen LogP contribution < -0.4 is 5.32 Å². The Morgan fingerprint density at radius 1 is 1.35 bits per heavy atom. The summed E-state index contributed by atoms with van der Waals surface area (Å²) >= 11 is 3.24. The molecule has 0 aromatic heterocycles. The molecule has 3 rings (SSSR count). The number of nitrogens with one attached hydrogen (secondary N) is 1. The molecule has 1 N–H and O–H groups in total. The van der Waals surface area contributed by atoms with Gasteiger partial charge in [-0.2, -0.15) is 0 Å². The predicted molar refractivity (Wildman–Crippen MR) is 99.3 cm³/mol. The van der Waals surface area contributed by atoms with E-state index < -0.39 is 4.92 Å². The van der Waals surface area contributed by atoms with E-state index in [4.69, 9.17) is 0 Å². The van der Waals surface area contributed by atoms with Crippen LogP contribution in [-0.2, 0) is 11.3 Å². The number of hydrogen-bond acceptors (Lipinski definition) is 4. The molecule has 136 valence electrons. The van der Waals surface area contributed by atoms with E-state index in [0.717, 1.165) is 5.56 Å². The van der Waals surface area contributed by atoms with Gasteiger partial charge in [0.1, 0.15) is 11.5 Å². The lowest BCUT2D eigenvalue weighted by Crippen LogP contribution is -2.28. The first kappa shape index (κ1) is 18.3. The molecule has 1 aliphatic rings. The molecule has 1 heterocycles. The fraction of sp³-hybridized carbons (Fsp3) is 0.278. The van der Waals surface area contributed by atoms with Gasteiger partial charge in [0.25, 0.3) is 5.69 Å². The van der Waals surface area contributed by atoms with Crippen molar-refractivity contribution < 1.29 is 14.1 Å². The Kier molecular flexibility index (Phi) is 5.22. The van der Waals surface area contributed by atoms with Crippen molar-refractivity contribution in [3.63, 3.8) is 0 Å². The van der Waals surface area contributed by atoms with Crippen LogP contribution in [0.15, 0.2) is 40.9 Å². The highest BCUT2D eigenvalue weighted by Gasteiger charge is 2.26. The van der Waals surface area contributed by atoms with Gasteiger partial charge in [-0.15, -0.1) is 0 Å².